The minimum atomic E-state index is 0.674. The minimum absolute atomic E-state index is 0.674. The van der Waals surface area contributed by atoms with Crippen LogP contribution in [0.2, 0.25) is 0 Å². The Morgan fingerprint density at radius 2 is 2.27 bits per heavy atom. The Kier molecular flexibility index (Phi) is 3.18. The molecule has 0 saturated heterocycles. The molecule has 2 rings (SSSR count). The Balaban J connectivity index is 2.33. The van der Waals surface area contributed by atoms with Gasteiger partial charge in [-0.25, -0.2) is 4.68 Å². The van der Waals surface area contributed by atoms with Crippen LogP contribution in [0, 0.1) is 6.92 Å². The van der Waals surface area contributed by atoms with Gasteiger partial charge in [-0.3, -0.25) is 0 Å². The van der Waals surface area contributed by atoms with Crippen LogP contribution in [0.15, 0.2) is 20.4 Å². The van der Waals surface area contributed by atoms with Gasteiger partial charge >= 0.3 is 0 Å². The topological polar surface area (TPSA) is 43.8 Å². The summed E-state index contributed by atoms with van der Waals surface area (Å²) < 4.78 is 3.79. The summed E-state index contributed by atoms with van der Waals surface area (Å²) in [6.45, 7) is 2.64. The van der Waals surface area contributed by atoms with E-state index < -0.39 is 0 Å². The number of rotatable bonds is 2. The number of nitrogens with zero attached hydrogens (tertiary/aromatic N) is 2. The first-order chi connectivity index (χ1) is 7.09. The van der Waals surface area contributed by atoms with E-state index in [4.69, 9.17) is 5.73 Å². The molecule has 0 fully saturated rings. The van der Waals surface area contributed by atoms with Crippen LogP contribution in [0.5, 0.6) is 0 Å². The van der Waals surface area contributed by atoms with Crippen molar-refractivity contribution in [3.63, 3.8) is 0 Å². The molecule has 80 valence electrons. The van der Waals surface area contributed by atoms with Crippen molar-refractivity contribution in [2.45, 2.75) is 13.5 Å². The first kappa shape index (κ1) is 11.2. The Labute approximate surface area is 109 Å². The fourth-order valence-corrected chi connectivity index (χ4v) is 3.01. The van der Waals surface area contributed by atoms with Crippen LogP contribution in [0.1, 0.15) is 10.6 Å². The molecule has 0 spiro atoms. The van der Waals surface area contributed by atoms with E-state index in [1.54, 1.807) is 16.0 Å². The Hall–Kier alpha value is -0.330. The first-order valence-electron chi connectivity index (χ1n) is 4.30. The SMILES string of the molecule is Cc1nn(Cc2sccc2Br)c(N)c1Br. The van der Waals surface area contributed by atoms with Gasteiger partial charge in [0.1, 0.15) is 5.82 Å². The van der Waals surface area contributed by atoms with Gasteiger partial charge in [0.2, 0.25) is 0 Å². The number of hydrogen-bond donors (Lipinski definition) is 1. The molecule has 0 aromatic carbocycles. The molecule has 0 radical (unpaired) electrons. The number of aryl methyl sites for hydroxylation is 1. The third kappa shape index (κ3) is 2.11. The zero-order valence-corrected chi connectivity index (χ0v) is 12.0. The number of hydrogen-bond acceptors (Lipinski definition) is 3. The largest absolute Gasteiger partial charge is 0.383 e. The number of aromatic nitrogens is 2. The normalized spacial score (nSPS) is 10.9. The second-order valence-electron chi connectivity index (χ2n) is 3.13. The van der Waals surface area contributed by atoms with E-state index in [1.165, 1.54) is 4.88 Å². The smallest absolute Gasteiger partial charge is 0.136 e. The van der Waals surface area contributed by atoms with Crippen molar-refractivity contribution in [2.24, 2.45) is 0 Å². The molecule has 0 atom stereocenters. The summed E-state index contributed by atoms with van der Waals surface area (Å²) in [6, 6.07) is 2.03. The van der Waals surface area contributed by atoms with Crippen molar-refractivity contribution in [1.29, 1.82) is 0 Å². The van der Waals surface area contributed by atoms with Crippen molar-refractivity contribution in [1.82, 2.24) is 9.78 Å². The van der Waals surface area contributed by atoms with Crippen LogP contribution in [-0.4, -0.2) is 9.78 Å². The minimum Gasteiger partial charge on any atom is -0.383 e. The first-order valence-corrected chi connectivity index (χ1v) is 6.76. The average molecular weight is 351 g/mol. The lowest BCUT2D eigenvalue weighted by molar-refractivity contribution is 0.695. The van der Waals surface area contributed by atoms with Crippen molar-refractivity contribution < 1.29 is 0 Å². The summed E-state index contributed by atoms with van der Waals surface area (Å²) in [4.78, 5) is 1.22. The van der Waals surface area contributed by atoms with E-state index in [0.29, 0.717) is 12.4 Å². The predicted molar refractivity (Wildman–Crippen MR) is 70.2 cm³/mol. The molecule has 2 aromatic heterocycles. The molecule has 0 aliphatic rings. The van der Waals surface area contributed by atoms with E-state index in [1.807, 2.05) is 18.4 Å². The van der Waals surface area contributed by atoms with Gasteiger partial charge in [0, 0.05) is 9.35 Å². The highest BCUT2D eigenvalue weighted by Crippen LogP contribution is 2.27. The number of halogens is 2. The van der Waals surface area contributed by atoms with Crippen LogP contribution >= 0.6 is 43.2 Å². The molecular weight excluding hydrogens is 342 g/mol. The monoisotopic (exact) mass is 349 g/mol. The highest BCUT2D eigenvalue weighted by Gasteiger charge is 2.11. The molecule has 2 N–H and O–H groups in total. The molecule has 6 heteroatoms. The van der Waals surface area contributed by atoms with Crippen LogP contribution < -0.4 is 5.73 Å². The Bertz CT molecular complexity index is 490. The standard InChI is InChI=1S/C9H9Br2N3S/c1-5-8(11)9(12)14(13-5)4-7-6(10)2-3-15-7/h2-3H,4,12H2,1H3. The van der Waals surface area contributed by atoms with Crippen LogP contribution in [0.25, 0.3) is 0 Å². The molecule has 15 heavy (non-hydrogen) atoms. The van der Waals surface area contributed by atoms with Crippen LogP contribution in [-0.2, 0) is 6.54 Å². The van der Waals surface area contributed by atoms with Gasteiger partial charge in [0.05, 0.1) is 16.7 Å². The molecule has 0 unspecified atom stereocenters. The summed E-state index contributed by atoms with van der Waals surface area (Å²) in [7, 11) is 0. The maximum atomic E-state index is 5.91. The maximum absolute atomic E-state index is 5.91. The second-order valence-corrected chi connectivity index (χ2v) is 5.78. The van der Waals surface area contributed by atoms with E-state index in [0.717, 1.165) is 14.6 Å². The molecule has 0 bridgehead atoms. The van der Waals surface area contributed by atoms with Gasteiger partial charge in [-0.15, -0.1) is 11.3 Å². The van der Waals surface area contributed by atoms with E-state index >= 15 is 0 Å². The summed E-state index contributed by atoms with van der Waals surface area (Å²) in [5.74, 6) is 0.674. The number of nitrogens with two attached hydrogens (primary N) is 1. The molecule has 0 amide bonds. The zero-order valence-electron chi connectivity index (χ0n) is 8.00. The second kappa shape index (κ2) is 4.27. The molecule has 0 aliphatic heterocycles. The third-order valence-corrected chi connectivity index (χ3v) is 4.97. The molecule has 2 heterocycles. The van der Waals surface area contributed by atoms with E-state index in [2.05, 4.69) is 37.0 Å². The van der Waals surface area contributed by atoms with E-state index in [9.17, 15) is 0 Å². The lowest BCUT2D eigenvalue weighted by Gasteiger charge is -2.02. The highest BCUT2D eigenvalue weighted by atomic mass is 79.9. The van der Waals surface area contributed by atoms with Crippen molar-refractivity contribution in [3.8, 4) is 0 Å². The van der Waals surface area contributed by atoms with E-state index in [-0.39, 0.29) is 0 Å². The Morgan fingerprint density at radius 1 is 1.53 bits per heavy atom. The number of anilines is 1. The highest BCUT2D eigenvalue weighted by molar-refractivity contribution is 9.11. The molecule has 2 aromatic rings. The molecule has 0 aliphatic carbocycles. The summed E-state index contributed by atoms with van der Waals surface area (Å²) in [5.41, 5.74) is 6.83. The summed E-state index contributed by atoms with van der Waals surface area (Å²) in [6.07, 6.45) is 0. The molecule has 0 saturated carbocycles. The van der Waals surface area contributed by atoms with Crippen molar-refractivity contribution in [3.05, 3.63) is 31.0 Å². The van der Waals surface area contributed by atoms with Crippen molar-refractivity contribution in [2.75, 3.05) is 5.73 Å². The lowest BCUT2D eigenvalue weighted by atomic mass is 10.4. The summed E-state index contributed by atoms with van der Waals surface area (Å²) >= 11 is 8.59. The zero-order chi connectivity index (χ0) is 11.0. The van der Waals surface area contributed by atoms with Gasteiger partial charge in [0.25, 0.3) is 0 Å². The van der Waals surface area contributed by atoms with Gasteiger partial charge in [-0.05, 0) is 50.2 Å². The van der Waals surface area contributed by atoms with Crippen molar-refractivity contribution >= 4 is 49.0 Å². The maximum Gasteiger partial charge on any atom is 0.136 e. The number of thiophene rings is 1. The van der Waals surface area contributed by atoms with Gasteiger partial charge in [-0.2, -0.15) is 5.10 Å². The van der Waals surface area contributed by atoms with Crippen LogP contribution in [0.3, 0.4) is 0 Å². The molecule has 3 nitrogen and oxygen atoms in total. The third-order valence-electron chi connectivity index (χ3n) is 2.08. The quantitative estimate of drug-likeness (QED) is 0.901. The molecular formula is C9H9Br2N3S. The number of nitrogen functional groups attached to an aromatic ring is 1. The van der Waals surface area contributed by atoms with Gasteiger partial charge in [-0.1, -0.05) is 0 Å². The Morgan fingerprint density at radius 3 is 2.73 bits per heavy atom. The predicted octanol–water partition coefficient (Wildman–Crippen LogP) is 3.41. The lowest BCUT2D eigenvalue weighted by Crippen LogP contribution is -2.05. The van der Waals surface area contributed by atoms with Crippen LogP contribution in [0.4, 0.5) is 5.82 Å². The summed E-state index contributed by atoms with van der Waals surface area (Å²) in [5, 5.41) is 6.40. The fraction of sp³-hybridized carbons (Fsp3) is 0.222. The van der Waals surface area contributed by atoms with Gasteiger partial charge < -0.3 is 5.73 Å². The fourth-order valence-electron chi connectivity index (χ4n) is 1.27. The average Bonchev–Trinajstić information content (AvgIpc) is 2.69. The van der Waals surface area contributed by atoms with Gasteiger partial charge in [0.15, 0.2) is 0 Å².